The molecule has 0 radical (unpaired) electrons. The highest BCUT2D eigenvalue weighted by Gasteiger charge is 2.30. The summed E-state index contributed by atoms with van der Waals surface area (Å²) in [7, 11) is 0. The van der Waals surface area contributed by atoms with E-state index in [0.717, 1.165) is 12.3 Å². The Balaban J connectivity index is 1.63. The average molecular weight is 258 g/mol. The summed E-state index contributed by atoms with van der Waals surface area (Å²) in [4.78, 5) is 0. The van der Waals surface area contributed by atoms with Gasteiger partial charge in [-0.1, -0.05) is 37.6 Å². The van der Waals surface area contributed by atoms with E-state index in [1.165, 1.54) is 43.2 Å². The Morgan fingerprint density at radius 2 is 1.79 bits per heavy atom. The van der Waals surface area contributed by atoms with Crippen LogP contribution in [-0.4, -0.2) is 6.04 Å². The SMILES string of the molecule is CCC1CCC(NC2CC(N)c3ccccc32)CC1. The molecule has 1 aromatic carbocycles. The second-order valence-electron chi connectivity index (χ2n) is 6.32. The number of benzene rings is 1. The number of hydrogen-bond acceptors (Lipinski definition) is 2. The number of nitrogens with one attached hydrogen (secondary N) is 1. The van der Waals surface area contributed by atoms with Gasteiger partial charge in [0.05, 0.1) is 0 Å². The molecule has 2 aliphatic carbocycles. The van der Waals surface area contributed by atoms with Crippen LogP contribution < -0.4 is 11.1 Å². The average Bonchev–Trinajstić information content (AvgIpc) is 2.77. The zero-order valence-corrected chi connectivity index (χ0v) is 11.9. The van der Waals surface area contributed by atoms with Crippen LogP contribution >= 0.6 is 0 Å². The lowest BCUT2D eigenvalue weighted by Crippen LogP contribution is -2.35. The zero-order valence-electron chi connectivity index (χ0n) is 11.9. The Hall–Kier alpha value is -0.860. The maximum absolute atomic E-state index is 6.25. The van der Waals surface area contributed by atoms with Crippen LogP contribution in [0.5, 0.6) is 0 Å². The second kappa shape index (κ2) is 5.64. The van der Waals surface area contributed by atoms with Crippen molar-refractivity contribution >= 4 is 0 Å². The van der Waals surface area contributed by atoms with Gasteiger partial charge in [-0.2, -0.15) is 0 Å². The Morgan fingerprint density at radius 1 is 1.11 bits per heavy atom. The third-order valence-electron chi connectivity index (χ3n) is 5.12. The van der Waals surface area contributed by atoms with Gasteiger partial charge in [0.1, 0.15) is 0 Å². The molecule has 0 saturated heterocycles. The fraction of sp³-hybridized carbons (Fsp3) is 0.647. The minimum absolute atomic E-state index is 0.223. The van der Waals surface area contributed by atoms with Crippen LogP contribution in [0.25, 0.3) is 0 Å². The topological polar surface area (TPSA) is 38.0 Å². The fourth-order valence-electron chi connectivity index (χ4n) is 3.85. The molecule has 1 aromatic rings. The van der Waals surface area contributed by atoms with E-state index < -0.39 is 0 Å². The standard InChI is InChI=1S/C17H26N2/c1-2-12-7-9-13(10-8-12)19-17-11-16(18)14-5-3-4-6-15(14)17/h3-6,12-13,16-17,19H,2,7-11,18H2,1H3. The summed E-state index contributed by atoms with van der Waals surface area (Å²) in [6, 6.07) is 10.1. The monoisotopic (exact) mass is 258 g/mol. The summed E-state index contributed by atoms with van der Waals surface area (Å²) >= 11 is 0. The molecule has 0 aliphatic heterocycles. The third kappa shape index (κ3) is 2.70. The molecule has 2 nitrogen and oxygen atoms in total. The summed E-state index contributed by atoms with van der Waals surface area (Å²) in [5.41, 5.74) is 9.03. The van der Waals surface area contributed by atoms with Gasteiger partial charge < -0.3 is 11.1 Å². The summed E-state index contributed by atoms with van der Waals surface area (Å²) in [6.45, 7) is 2.32. The molecule has 2 atom stereocenters. The van der Waals surface area contributed by atoms with Gasteiger partial charge in [-0.3, -0.25) is 0 Å². The molecule has 19 heavy (non-hydrogen) atoms. The number of fused-ring (bicyclic) bond motifs is 1. The van der Waals surface area contributed by atoms with E-state index in [2.05, 4.69) is 36.5 Å². The quantitative estimate of drug-likeness (QED) is 0.867. The summed E-state index contributed by atoms with van der Waals surface area (Å²) < 4.78 is 0. The normalized spacial score (nSPS) is 34.2. The molecular weight excluding hydrogens is 232 g/mol. The lowest BCUT2D eigenvalue weighted by Gasteiger charge is -2.31. The van der Waals surface area contributed by atoms with Crippen LogP contribution in [0.2, 0.25) is 0 Å². The smallest absolute Gasteiger partial charge is 0.0344 e. The maximum Gasteiger partial charge on any atom is 0.0344 e. The first-order chi connectivity index (χ1) is 9.28. The highest BCUT2D eigenvalue weighted by molar-refractivity contribution is 5.37. The van der Waals surface area contributed by atoms with Gasteiger partial charge in [0.2, 0.25) is 0 Å². The van der Waals surface area contributed by atoms with Crippen LogP contribution in [0.3, 0.4) is 0 Å². The zero-order chi connectivity index (χ0) is 13.2. The van der Waals surface area contributed by atoms with Gasteiger partial charge in [0.25, 0.3) is 0 Å². The molecule has 0 spiro atoms. The van der Waals surface area contributed by atoms with Gasteiger partial charge in [-0.05, 0) is 49.1 Å². The van der Waals surface area contributed by atoms with Gasteiger partial charge in [-0.15, -0.1) is 0 Å². The molecule has 2 unspecified atom stereocenters. The predicted molar refractivity (Wildman–Crippen MR) is 79.9 cm³/mol. The van der Waals surface area contributed by atoms with E-state index in [4.69, 9.17) is 5.73 Å². The van der Waals surface area contributed by atoms with Crippen LogP contribution in [-0.2, 0) is 0 Å². The maximum atomic E-state index is 6.25. The van der Waals surface area contributed by atoms with Crippen molar-refractivity contribution < 1.29 is 0 Å². The van der Waals surface area contributed by atoms with E-state index in [9.17, 15) is 0 Å². The third-order valence-corrected chi connectivity index (χ3v) is 5.12. The lowest BCUT2D eigenvalue weighted by molar-refractivity contribution is 0.267. The van der Waals surface area contributed by atoms with Crippen LogP contribution in [0, 0.1) is 5.92 Å². The van der Waals surface area contributed by atoms with E-state index in [0.29, 0.717) is 12.1 Å². The Morgan fingerprint density at radius 3 is 2.47 bits per heavy atom. The molecule has 0 amide bonds. The van der Waals surface area contributed by atoms with Crippen molar-refractivity contribution in [2.24, 2.45) is 11.7 Å². The van der Waals surface area contributed by atoms with Crippen molar-refractivity contribution in [2.45, 2.75) is 63.6 Å². The van der Waals surface area contributed by atoms with Gasteiger partial charge >= 0.3 is 0 Å². The van der Waals surface area contributed by atoms with Crippen LogP contribution in [0.4, 0.5) is 0 Å². The second-order valence-corrected chi connectivity index (χ2v) is 6.32. The molecular formula is C17H26N2. The fourth-order valence-corrected chi connectivity index (χ4v) is 3.85. The Bertz CT molecular complexity index is 421. The largest absolute Gasteiger partial charge is 0.324 e. The first-order valence-corrected chi connectivity index (χ1v) is 7.88. The molecule has 0 bridgehead atoms. The first kappa shape index (κ1) is 13.1. The molecule has 3 rings (SSSR count). The predicted octanol–water partition coefficient (Wildman–Crippen LogP) is 3.69. The van der Waals surface area contributed by atoms with E-state index in [1.54, 1.807) is 0 Å². The Labute approximate surface area is 116 Å². The van der Waals surface area contributed by atoms with Crippen molar-refractivity contribution in [2.75, 3.05) is 0 Å². The van der Waals surface area contributed by atoms with E-state index in [1.807, 2.05) is 0 Å². The van der Waals surface area contributed by atoms with E-state index >= 15 is 0 Å². The van der Waals surface area contributed by atoms with Crippen molar-refractivity contribution in [1.29, 1.82) is 0 Å². The summed E-state index contributed by atoms with van der Waals surface area (Å²) in [5, 5.41) is 3.87. The number of hydrogen-bond donors (Lipinski definition) is 2. The number of nitrogens with two attached hydrogens (primary N) is 1. The van der Waals surface area contributed by atoms with Crippen LogP contribution in [0.1, 0.15) is 68.7 Å². The minimum Gasteiger partial charge on any atom is -0.324 e. The van der Waals surface area contributed by atoms with E-state index in [-0.39, 0.29) is 6.04 Å². The van der Waals surface area contributed by atoms with Crippen molar-refractivity contribution in [3.8, 4) is 0 Å². The molecule has 1 fully saturated rings. The first-order valence-electron chi connectivity index (χ1n) is 7.88. The molecule has 1 saturated carbocycles. The van der Waals surface area contributed by atoms with Gasteiger partial charge in [0, 0.05) is 18.1 Å². The molecule has 0 heterocycles. The molecule has 0 aromatic heterocycles. The highest BCUT2D eigenvalue weighted by atomic mass is 15.0. The molecule has 3 N–H and O–H groups in total. The molecule has 2 aliphatic rings. The lowest BCUT2D eigenvalue weighted by atomic mass is 9.84. The van der Waals surface area contributed by atoms with Gasteiger partial charge in [-0.25, -0.2) is 0 Å². The van der Waals surface area contributed by atoms with Crippen molar-refractivity contribution in [3.63, 3.8) is 0 Å². The highest BCUT2D eigenvalue weighted by Crippen LogP contribution is 2.38. The molecule has 2 heteroatoms. The van der Waals surface area contributed by atoms with Crippen molar-refractivity contribution in [3.05, 3.63) is 35.4 Å². The summed E-state index contributed by atoms with van der Waals surface area (Å²) in [5.74, 6) is 0.969. The molecule has 104 valence electrons. The Kier molecular flexibility index (Phi) is 3.90. The van der Waals surface area contributed by atoms with Crippen molar-refractivity contribution in [1.82, 2.24) is 5.32 Å². The minimum atomic E-state index is 0.223. The van der Waals surface area contributed by atoms with Gasteiger partial charge in [0.15, 0.2) is 0 Å². The van der Waals surface area contributed by atoms with Crippen LogP contribution in [0.15, 0.2) is 24.3 Å². The summed E-state index contributed by atoms with van der Waals surface area (Å²) in [6.07, 6.45) is 7.89. The number of rotatable bonds is 3.